The fourth-order valence-electron chi connectivity index (χ4n) is 3.59. The number of β-lactam (4-membered cyclic amide) rings is 1. The summed E-state index contributed by atoms with van der Waals surface area (Å²) in [6, 6.07) is 0. The molecule has 0 aromatic rings. The minimum atomic E-state index is -0.245. The second-order valence-electron chi connectivity index (χ2n) is 7.35. The highest BCUT2D eigenvalue weighted by Crippen LogP contribution is 2.28. The number of rotatable bonds is 8. The van der Waals surface area contributed by atoms with Gasteiger partial charge in [-0.1, -0.05) is 39.0 Å². The minimum Gasteiger partial charge on any atom is -0.461 e. The van der Waals surface area contributed by atoms with E-state index in [1.807, 2.05) is 6.92 Å². The number of hydrogen-bond acceptors (Lipinski definition) is 4. The summed E-state index contributed by atoms with van der Waals surface area (Å²) in [5, 5.41) is 0. The molecule has 0 N–H and O–H groups in total. The summed E-state index contributed by atoms with van der Waals surface area (Å²) in [5.41, 5.74) is 1.37. The second kappa shape index (κ2) is 9.73. The molecule has 2 aliphatic rings. The van der Waals surface area contributed by atoms with E-state index < -0.39 is 0 Å². The normalized spacial score (nSPS) is 20.2. The molecule has 25 heavy (non-hydrogen) atoms. The highest BCUT2D eigenvalue weighted by atomic mass is 16.5. The van der Waals surface area contributed by atoms with Crippen molar-refractivity contribution < 1.29 is 19.1 Å². The molecule has 0 spiro atoms. The van der Waals surface area contributed by atoms with Crippen LogP contribution in [0.25, 0.3) is 0 Å². The van der Waals surface area contributed by atoms with Gasteiger partial charge in [-0.15, -0.1) is 0 Å². The van der Waals surface area contributed by atoms with Gasteiger partial charge in [-0.2, -0.15) is 0 Å². The quantitative estimate of drug-likeness (QED) is 0.380. The smallest absolute Gasteiger partial charge is 0.306 e. The van der Waals surface area contributed by atoms with Crippen LogP contribution in [-0.2, 0) is 19.1 Å². The number of imide groups is 1. The molecule has 1 saturated heterocycles. The van der Waals surface area contributed by atoms with Crippen molar-refractivity contribution in [3.63, 3.8) is 0 Å². The Morgan fingerprint density at radius 3 is 2.52 bits per heavy atom. The fourth-order valence-corrected chi connectivity index (χ4v) is 3.59. The van der Waals surface area contributed by atoms with Gasteiger partial charge in [0.25, 0.3) is 5.91 Å². The van der Waals surface area contributed by atoms with Gasteiger partial charge in [0, 0.05) is 18.4 Å². The lowest BCUT2D eigenvalue weighted by atomic mass is 9.85. The van der Waals surface area contributed by atoms with E-state index in [-0.39, 0.29) is 24.4 Å². The van der Waals surface area contributed by atoms with Crippen LogP contribution in [0.5, 0.6) is 0 Å². The van der Waals surface area contributed by atoms with E-state index in [0.717, 1.165) is 30.8 Å². The van der Waals surface area contributed by atoms with Crippen LogP contribution < -0.4 is 0 Å². The number of nitrogens with zero attached hydrogens (tertiary/aromatic N) is 1. The number of esters is 1. The number of likely N-dealkylation sites (tertiary alicyclic amines) is 1. The number of ether oxygens (including phenoxy) is 1. The summed E-state index contributed by atoms with van der Waals surface area (Å²) >= 11 is 0. The van der Waals surface area contributed by atoms with Crippen molar-refractivity contribution >= 4 is 17.8 Å². The molecule has 2 rings (SSSR count). The summed E-state index contributed by atoms with van der Waals surface area (Å²) in [7, 11) is 0. The van der Waals surface area contributed by atoms with Crippen LogP contribution in [0.15, 0.2) is 11.1 Å². The van der Waals surface area contributed by atoms with Crippen molar-refractivity contribution in [3.05, 3.63) is 11.1 Å². The standard InChI is InChI=1S/C20H31NO4/c1-3-8-19(23)25-14-15(2)17-13-21(20(17)24)18(22)12-7-11-16-9-5-4-6-10-16/h16H,3-14H2,1-2H3. The Hall–Kier alpha value is -1.65. The molecule has 1 heterocycles. The molecule has 2 fully saturated rings. The molecule has 0 radical (unpaired) electrons. The third kappa shape index (κ3) is 5.68. The molecule has 5 heteroatoms. The Bertz CT molecular complexity index is 532. The SMILES string of the molecule is CCCC(=O)OCC(C)=C1CN(C(=O)CCCC2CCCCC2)C1=O. The number of carbonyl (C=O) groups excluding carboxylic acids is 3. The van der Waals surface area contributed by atoms with E-state index >= 15 is 0 Å². The second-order valence-corrected chi connectivity index (χ2v) is 7.35. The van der Waals surface area contributed by atoms with Crippen molar-refractivity contribution in [2.75, 3.05) is 13.2 Å². The lowest BCUT2D eigenvalue weighted by Crippen LogP contribution is -2.50. The fraction of sp³-hybridized carbons (Fsp3) is 0.750. The first kappa shape index (κ1) is 19.7. The Morgan fingerprint density at radius 2 is 1.88 bits per heavy atom. The molecule has 0 unspecified atom stereocenters. The highest BCUT2D eigenvalue weighted by Gasteiger charge is 2.36. The first-order chi connectivity index (χ1) is 12.0. The molecule has 0 atom stereocenters. The number of carbonyl (C=O) groups is 3. The van der Waals surface area contributed by atoms with Gasteiger partial charge in [0.1, 0.15) is 6.61 Å². The van der Waals surface area contributed by atoms with Gasteiger partial charge in [0.2, 0.25) is 5.91 Å². The van der Waals surface area contributed by atoms with Crippen molar-refractivity contribution in [1.82, 2.24) is 4.90 Å². The van der Waals surface area contributed by atoms with Crippen LogP contribution in [0, 0.1) is 5.92 Å². The summed E-state index contributed by atoms with van der Waals surface area (Å²) in [6.07, 6.45) is 10.1. The molecule has 1 aliphatic carbocycles. The summed E-state index contributed by atoms with van der Waals surface area (Å²) in [4.78, 5) is 37.1. The zero-order chi connectivity index (χ0) is 18.2. The van der Waals surface area contributed by atoms with Crippen LogP contribution in [0.4, 0.5) is 0 Å². The molecule has 5 nitrogen and oxygen atoms in total. The van der Waals surface area contributed by atoms with Crippen molar-refractivity contribution in [2.24, 2.45) is 5.92 Å². The molecule has 0 bridgehead atoms. The maximum atomic E-state index is 12.2. The van der Waals surface area contributed by atoms with E-state index in [4.69, 9.17) is 4.74 Å². The first-order valence-electron chi connectivity index (χ1n) is 9.71. The van der Waals surface area contributed by atoms with Crippen LogP contribution in [0.1, 0.15) is 78.1 Å². The summed E-state index contributed by atoms with van der Waals surface area (Å²) in [5.74, 6) is 0.237. The van der Waals surface area contributed by atoms with Crippen molar-refractivity contribution in [3.8, 4) is 0 Å². The van der Waals surface area contributed by atoms with Crippen LogP contribution in [-0.4, -0.2) is 35.8 Å². The highest BCUT2D eigenvalue weighted by molar-refractivity contribution is 6.11. The van der Waals surface area contributed by atoms with E-state index in [1.54, 1.807) is 6.92 Å². The molecular formula is C20H31NO4. The maximum absolute atomic E-state index is 12.2. The largest absolute Gasteiger partial charge is 0.461 e. The summed E-state index contributed by atoms with van der Waals surface area (Å²) in [6.45, 7) is 4.21. The zero-order valence-electron chi connectivity index (χ0n) is 15.6. The molecule has 2 amide bonds. The number of hydrogen-bond donors (Lipinski definition) is 0. The Kier molecular flexibility index (Phi) is 7.66. The van der Waals surface area contributed by atoms with E-state index in [0.29, 0.717) is 25.0 Å². The first-order valence-corrected chi connectivity index (χ1v) is 9.71. The molecule has 0 aromatic heterocycles. The average Bonchev–Trinajstić information content (AvgIpc) is 2.60. The Balaban J connectivity index is 1.70. The van der Waals surface area contributed by atoms with Gasteiger partial charge in [-0.3, -0.25) is 19.3 Å². The van der Waals surface area contributed by atoms with Gasteiger partial charge in [0.05, 0.1) is 6.54 Å². The van der Waals surface area contributed by atoms with Crippen molar-refractivity contribution in [2.45, 2.75) is 78.1 Å². The van der Waals surface area contributed by atoms with Gasteiger partial charge < -0.3 is 4.74 Å². The zero-order valence-corrected chi connectivity index (χ0v) is 15.6. The van der Waals surface area contributed by atoms with E-state index in [2.05, 4.69) is 0 Å². The van der Waals surface area contributed by atoms with Gasteiger partial charge in [-0.25, -0.2) is 0 Å². The third-order valence-corrected chi connectivity index (χ3v) is 5.27. The Morgan fingerprint density at radius 1 is 1.16 bits per heavy atom. The average molecular weight is 349 g/mol. The molecular weight excluding hydrogens is 318 g/mol. The van der Waals surface area contributed by atoms with Gasteiger partial charge in [-0.05, 0) is 37.7 Å². The lowest BCUT2D eigenvalue weighted by Gasteiger charge is -2.33. The molecule has 0 aromatic carbocycles. The maximum Gasteiger partial charge on any atom is 0.306 e. The van der Waals surface area contributed by atoms with Crippen LogP contribution in [0.3, 0.4) is 0 Å². The Labute approximate surface area is 150 Å². The van der Waals surface area contributed by atoms with Gasteiger partial charge in [0.15, 0.2) is 0 Å². The predicted molar refractivity (Wildman–Crippen MR) is 95.7 cm³/mol. The third-order valence-electron chi connectivity index (χ3n) is 5.27. The monoisotopic (exact) mass is 349 g/mol. The van der Waals surface area contributed by atoms with E-state index in [9.17, 15) is 14.4 Å². The van der Waals surface area contributed by atoms with E-state index in [1.165, 1.54) is 37.0 Å². The number of amides is 2. The van der Waals surface area contributed by atoms with Gasteiger partial charge >= 0.3 is 5.97 Å². The minimum absolute atomic E-state index is 0.0691. The van der Waals surface area contributed by atoms with Crippen LogP contribution >= 0.6 is 0 Å². The topological polar surface area (TPSA) is 63.7 Å². The van der Waals surface area contributed by atoms with Crippen LogP contribution in [0.2, 0.25) is 0 Å². The molecule has 1 aliphatic heterocycles. The molecule has 140 valence electrons. The summed E-state index contributed by atoms with van der Waals surface area (Å²) < 4.78 is 5.12. The predicted octanol–water partition coefficient (Wildman–Crippen LogP) is 3.77. The van der Waals surface area contributed by atoms with Crippen molar-refractivity contribution in [1.29, 1.82) is 0 Å². The molecule has 1 saturated carbocycles. The lowest BCUT2D eigenvalue weighted by molar-refractivity contribution is -0.148.